The molecule has 0 radical (unpaired) electrons. The molecule has 0 bridgehead atoms. The highest BCUT2D eigenvalue weighted by molar-refractivity contribution is 6.31. The number of nitrogens with one attached hydrogen (secondary N) is 3. The zero-order chi connectivity index (χ0) is 33.2. The molecule has 4 rings (SSSR count). The monoisotopic (exact) mass is 663 g/mol. The molecule has 0 aliphatic carbocycles. The number of hydrogen-bond acceptors (Lipinski definition) is 8. The Morgan fingerprint density at radius 3 is 1.50 bits per heavy atom. The summed E-state index contributed by atoms with van der Waals surface area (Å²) in [5.74, 6) is -6.68. The molecule has 0 aromatic heterocycles. The quantitative estimate of drug-likeness (QED) is 0.140. The number of ether oxygens (including phenoxy) is 2. The number of hydrogen-bond donors (Lipinski definition) is 4. The van der Waals surface area contributed by atoms with Crippen molar-refractivity contribution >= 4 is 64.5 Å². The Labute approximate surface area is 271 Å². The highest BCUT2D eigenvalue weighted by Crippen LogP contribution is 2.17. The molecule has 0 saturated heterocycles. The van der Waals surface area contributed by atoms with Crippen LogP contribution in [0.15, 0.2) is 103 Å². The number of carboxylic acids is 1. The van der Waals surface area contributed by atoms with Crippen LogP contribution in [0.4, 0.5) is 5.69 Å². The zero-order valence-corrected chi connectivity index (χ0v) is 25.0. The third-order valence-corrected chi connectivity index (χ3v) is 6.65. The van der Waals surface area contributed by atoms with E-state index in [0.29, 0.717) is 21.3 Å². The van der Waals surface area contributed by atoms with Crippen molar-refractivity contribution in [2.75, 3.05) is 5.32 Å². The SMILES string of the molecule is O=C(NNC(=O)[C@@H](OC(=O)c1ccc(Cl)cc1)[C@H](OC(=O)c1ccc(Cl)cc1)C(=O)O)c1ccc(NC(=O)c2ccccc2)cc1. The number of carbonyl (C=O) groups is 6. The van der Waals surface area contributed by atoms with Crippen LogP contribution in [0.5, 0.6) is 0 Å². The van der Waals surface area contributed by atoms with Crippen molar-refractivity contribution in [2.45, 2.75) is 12.2 Å². The molecule has 4 N–H and O–H groups in total. The van der Waals surface area contributed by atoms with E-state index in [1.54, 1.807) is 30.3 Å². The predicted octanol–water partition coefficient (Wildman–Crippen LogP) is 4.54. The number of esters is 2. The molecule has 0 aliphatic heterocycles. The fraction of sp³-hybridized carbons (Fsp3) is 0.0625. The molecule has 0 fully saturated rings. The second-order valence-electron chi connectivity index (χ2n) is 9.34. The number of aliphatic carboxylic acids is 1. The lowest BCUT2D eigenvalue weighted by Crippen LogP contribution is -2.54. The minimum absolute atomic E-state index is 0.0386. The third kappa shape index (κ3) is 8.91. The van der Waals surface area contributed by atoms with Crippen LogP contribution < -0.4 is 16.2 Å². The van der Waals surface area contributed by atoms with Crippen LogP contribution in [-0.4, -0.2) is 52.9 Å². The van der Waals surface area contributed by atoms with Gasteiger partial charge < -0.3 is 19.9 Å². The standard InChI is InChI=1S/C32H23Cl2N3O9/c33-22-12-6-20(7-13-22)31(43)45-25(26(30(41)42)46-32(44)21-8-14-23(34)15-9-21)29(40)37-36-28(39)19-10-16-24(17-11-19)35-27(38)18-4-2-1-3-5-18/h1-17,25-26H,(H,35,38)(H,36,39)(H,37,40)(H,41,42)/t25-,26-/m0/s1. The number of benzene rings is 4. The number of halogens is 2. The van der Waals surface area contributed by atoms with Gasteiger partial charge in [0.25, 0.3) is 17.7 Å². The van der Waals surface area contributed by atoms with Crippen LogP contribution in [0, 0.1) is 0 Å². The number of carbonyl (C=O) groups excluding carboxylic acids is 5. The highest BCUT2D eigenvalue weighted by atomic mass is 35.5. The van der Waals surface area contributed by atoms with Crippen molar-refractivity contribution in [1.29, 1.82) is 0 Å². The van der Waals surface area contributed by atoms with Gasteiger partial charge in [-0.1, -0.05) is 41.4 Å². The second kappa shape index (κ2) is 15.3. The van der Waals surface area contributed by atoms with Crippen molar-refractivity contribution in [3.05, 3.63) is 135 Å². The molecular weight excluding hydrogens is 641 g/mol. The van der Waals surface area contributed by atoms with E-state index in [-0.39, 0.29) is 22.6 Å². The number of rotatable bonds is 10. The van der Waals surface area contributed by atoms with Gasteiger partial charge in [-0.05, 0) is 84.9 Å². The molecular formula is C32H23Cl2N3O9. The normalized spacial score (nSPS) is 11.7. The van der Waals surface area contributed by atoms with Crippen molar-refractivity contribution in [3.8, 4) is 0 Å². The summed E-state index contributed by atoms with van der Waals surface area (Å²) in [6.45, 7) is 0. The smallest absolute Gasteiger partial charge is 0.349 e. The fourth-order valence-corrected chi connectivity index (χ4v) is 4.04. The summed E-state index contributed by atoms with van der Waals surface area (Å²) in [7, 11) is 0. The summed E-state index contributed by atoms with van der Waals surface area (Å²) >= 11 is 11.7. The molecule has 0 aliphatic rings. The van der Waals surface area contributed by atoms with Crippen molar-refractivity contribution in [2.24, 2.45) is 0 Å². The Hall–Kier alpha value is -5.72. The van der Waals surface area contributed by atoms with E-state index >= 15 is 0 Å². The molecule has 3 amide bonds. The van der Waals surface area contributed by atoms with Crippen LogP contribution in [0.3, 0.4) is 0 Å². The van der Waals surface area contributed by atoms with Gasteiger partial charge in [-0.2, -0.15) is 0 Å². The topological polar surface area (TPSA) is 177 Å². The first kappa shape index (κ1) is 33.2. The molecule has 234 valence electrons. The summed E-state index contributed by atoms with van der Waals surface area (Å²) < 4.78 is 10.2. The lowest BCUT2D eigenvalue weighted by Gasteiger charge is -2.23. The van der Waals surface area contributed by atoms with Gasteiger partial charge in [0, 0.05) is 26.9 Å². The Morgan fingerprint density at radius 1 is 0.543 bits per heavy atom. The lowest BCUT2D eigenvalue weighted by atomic mass is 10.1. The van der Waals surface area contributed by atoms with Crippen LogP contribution >= 0.6 is 23.2 Å². The largest absolute Gasteiger partial charge is 0.478 e. The molecule has 4 aromatic rings. The Bertz CT molecular complexity index is 1750. The fourth-order valence-electron chi connectivity index (χ4n) is 3.79. The average Bonchev–Trinajstić information content (AvgIpc) is 3.06. The van der Waals surface area contributed by atoms with Crippen molar-refractivity contribution in [3.63, 3.8) is 0 Å². The molecule has 0 heterocycles. The van der Waals surface area contributed by atoms with Gasteiger partial charge in [-0.3, -0.25) is 25.2 Å². The van der Waals surface area contributed by atoms with Crippen molar-refractivity contribution in [1.82, 2.24) is 10.9 Å². The van der Waals surface area contributed by atoms with E-state index in [2.05, 4.69) is 10.7 Å². The van der Waals surface area contributed by atoms with E-state index in [1.165, 1.54) is 72.8 Å². The first-order valence-electron chi connectivity index (χ1n) is 13.2. The molecule has 12 nitrogen and oxygen atoms in total. The van der Waals surface area contributed by atoms with Gasteiger partial charge >= 0.3 is 17.9 Å². The summed E-state index contributed by atoms with van der Waals surface area (Å²) in [5.41, 5.74) is 4.73. The van der Waals surface area contributed by atoms with E-state index in [1.807, 2.05) is 5.43 Å². The van der Waals surface area contributed by atoms with Gasteiger partial charge in [-0.25, -0.2) is 14.4 Å². The van der Waals surface area contributed by atoms with Crippen LogP contribution in [0.25, 0.3) is 0 Å². The first-order chi connectivity index (χ1) is 22.0. The first-order valence-corrected chi connectivity index (χ1v) is 14.0. The maximum absolute atomic E-state index is 13.2. The molecule has 4 aromatic carbocycles. The minimum atomic E-state index is -2.34. The van der Waals surface area contributed by atoms with Crippen LogP contribution in [0.1, 0.15) is 41.4 Å². The lowest BCUT2D eigenvalue weighted by molar-refractivity contribution is -0.159. The van der Waals surface area contributed by atoms with Gasteiger partial charge in [0.05, 0.1) is 11.1 Å². The van der Waals surface area contributed by atoms with Gasteiger partial charge in [-0.15, -0.1) is 0 Å². The van der Waals surface area contributed by atoms with Crippen molar-refractivity contribution < 1.29 is 43.3 Å². The maximum atomic E-state index is 13.2. The Morgan fingerprint density at radius 2 is 1.00 bits per heavy atom. The van der Waals surface area contributed by atoms with Crippen LogP contribution in [0.2, 0.25) is 10.0 Å². The minimum Gasteiger partial charge on any atom is -0.478 e. The van der Waals surface area contributed by atoms with Gasteiger partial charge in [0.1, 0.15) is 0 Å². The van der Waals surface area contributed by atoms with Gasteiger partial charge in [0.2, 0.25) is 12.2 Å². The Kier molecular flexibility index (Phi) is 11.1. The average molecular weight is 664 g/mol. The number of hydrazine groups is 1. The third-order valence-electron chi connectivity index (χ3n) is 6.14. The summed E-state index contributed by atoms with van der Waals surface area (Å²) in [6.07, 6.45) is -4.61. The number of amides is 3. The highest BCUT2D eigenvalue weighted by Gasteiger charge is 2.41. The maximum Gasteiger partial charge on any atom is 0.349 e. The molecule has 0 saturated carbocycles. The zero-order valence-electron chi connectivity index (χ0n) is 23.4. The molecule has 46 heavy (non-hydrogen) atoms. The van der Waals surface area contributed by atoms with Gasteiger partial charge in [0.15, 0.2) is 0 Å². The molecule has 14 heteroatoms. The van der Waals surface area contributed by atoms with E-state index in [4.69, 9.17) is 32.7 Å². The summed E-state index contributed by atoms with van der Waals surface area (Å²) in [5, 5.41) is 13.1. The van der Waals surface area contributed by atoms with Crippen LogP contribution in [-0.2, 0) is 19.1 Å². The summed E-state index contributed by atoms with van der Waals surface area (Å²) in [4.78, 5) is 76.0. The molecule has 2 atom stereocenters. The summed E-state index contributed by atoms with van der Waals surface area (Å²) in [6, 6.07) is 24.6. The predicted molar refractivity (Wildman–Crippen MR) is 165 cm³/mol. The second-order valence-corrected chi connectivity index (χ2v) is 10.2. The Balaban J connectivity index is 1.47. The molecule has 0 unspecified atom stereocenters. The number of anilines is 1. The van der Waals surface area contributed by atoms with E-state index in [0.717, 1.165) is 0 Å². The van der Waals surface area contributed by atoms with E-state index in [9.17, 15) is 33.9 Å². The van der Waals surface area contributed by atoms with E-state index < -0.39 is 41.9 Å². The molecule has 0 spiro atoms. The number of carboxylic acid groups (broad SMARTS) is 1.